The molecule has 0 saturated heterocycles. The van der Waals surface area contributed by atoms with Gasteiger partial charge in [-0.1, -0.05) is 41.5 Å². The van der Waals surface area contributed by atoms with Crippen molar-refractivity contribution in [3.05, 3.63) is 0 Å². The molecule has 1 N–H and O–H groups in total. The molecule has 0 rings (SSSR count). The predicted molar refractivity (Wildman–Crippen MR) is 61.0 cm³/mol. The predicted octanol–water partition coefficient (Wildman–Crippen LogP) is 3.45. The van der Waals surface area contributed by atoms with Gasteiger partial charge in [0.05, 0.1) is 0 Å². The van der Waals surface area contributed by atoms with E-state index in [2.05, 4.69) is 46.9 Å². The Morgan fingerprint density at radius 1 is 1.00 bits per heavy atom. The molecule has 0 atom stereocenters. The Bertz CT molecular complexity index is 131. The van der Waals surface area contributed by atoms with Gasteiger partial charge in [0.15, 0.2) is 0 Å². The second kappa shape index (κ2) is 4.99. The van der Waals surface area contributed by atoms with Crippen LogP contribution in [0.4, 0.5) is 0 Å². The Balaban J connectivity index is 3.47. The molecule has 1 heteroatoms. The second-order valence-corrected chi connectivity index (χ2v) is 6.01. The topological polar surface area (TPSA) is 12.0 Å². The highest BCUT2D eigenvalue weighted by atomic mass is 14.9. The maximum Gasteiger partial charge on any atom is 0.000242 e. The Labute approximate surface area is 84.3 Å². The van der Waals surface area contributed by atoms with Crippen LogP contribution in [0, 0.1) is 10.8 Å². The van der Waals surface area contributed by atoms with Gasteiger partial charge in [0.2, 0.25) is 0 Å². The molecule has 0 bridgehead atoms. The molecule has 0 aromatic carbocycles. The fourth-order valence-electron chi connectivity index (χ4n) is 1.02. The Hall–Kier alpha value is -0.0400. The molecule has 0 aromatic heterocycles. The van der Waals surface area contributed by atoms with Gasteiger partial charge >= 0.3 is 0 Å². The summed E-state index contributed by atoms with van der Waals surface area (Å²) in [6.07, 6.45) is 2.50. The van der Waals surface area contributed by atoms with Crippen LogP contribution in [0.2, 0.25) is 0 Å². The van der Waals surface area contributed by atoms with Crippen molar-refractivity contribution in [2.24, 2.45) is 10.8 Å². The molecule has 0 aliphatic rings. The Morgan fingerprint density at radius 2 is 1.54 bits per heavy atom. The summed E-state index contributed by atoms with van der Waals surface area (Å²) < 4.78 is 0. The monoisotopic (exact) mass is 185 g/mol. The van der Waals surface area contributed by atoms with Crippen molar-refractivity contribution < 1.29 is 0 Å². The summed E-state index contributed by atoms with van der Waals surface area (Å²) in [5, 5.41) is 3.53. The van der Waals surface area contributed by atoms with E-state index in [0.29, 0.717) is 10.8 Å². The van der Waals surface area contributed by atoms with Crippen molar-refractivity contribution in [3.63, 3.8) is 0 Å². The molecular weight excluding hydrogens is 158 g/mol. The number of hydrogen-bond donors (Lipinski definition) is 1. The third kappa shape index (κ3) is 8.29. The molecule has 0 aliphatic heterocycles. The van der Waals surface area contributed by atoms with E-state index in [1.165, 1.54) is 12.8 Å². The van der Waals surface area contributed by atoms with Gasteiger partial charge in [0.1, 0.15) is 0 Å². The fourth-order valence-corrected chi connectivity index (χ4v) is 1.02. The molecule has 0 aromatic rings. The zero-order valence-electron chi connectivity index (χ0n) is 10.3. The lowest BCUT2D eigenvalue weighted by Gasteiger charge is -2.24. The number of hydrogen-bond acceptors (Lipinski definition) is 1. The lowest BCUT2D eigenvalue weighted by atomic mass is 9.89. The molecular formula is C12H27N. The Morgan fingerprint density at radius 3 is 1.92 bits per heavy atom. The number of nitrogens with one attached hydrogen (secondary N) is 1. The molecule has 0 aliphatic carbocycles. The maximum atomic E-state index is 3.53. The molecule has 0 saturated carbocycles. The molecule has 1 nitrogen and oxygen atoms in total. The average Bonchev–Trinajstić information content (AvgIpc) is 1.97. The molecule has 13 heavy (non-hydrogen) atoms. The largest absolute Gasteiger partial charge is 0.316 e. The van der Waals surface area contributed by atoms with Crippen molar-refractivity contribution in [1.29, 1.82) is 0 Å². The molecule has 0 amide bonds. The van der Waals surface area contributed by atoms with Gasteiger partial charge in [-0.3, -0.25) is 0 Å². The lowest BCUT2D eigenvalue weighted by Crippen LogP contribution is -2.31. The van der Waals surface area contributed by atoms with E-state index in [-0.39, 0.29) is 0 Å². The van der Waals surface area contributed by atoms with E-state index >= 15 is 0 Å². The van der Waals surface area contributed by atoms with E-state index < -0.39 is 0 Å². The number of rotatable bonds is 5. The van der Waals surface area contributed by atoms with Gasteiger partial charge in [-0.2, -0.15) is 0 Å². The highest BCUT2D eigenvalue weighted by Crippen LogP contribution is 2.19. The van der Waals surface area contributed by atoms with Crippen LogP contribution >= 0.6 is 0 Å². The summed E-state index contributed by atoms with van der Waals surface area (Å²) in [6.45, 7) is 16.0. The molecule has 0 radical (unpaired) electrons. The van der Waals surface area contributed by atoms with Crippen LogP contribution in [0.3, 0.4) is 0 Å². The van der Waals surface area contributed by atoms with E-state index in [1.807, 2.05) is 0 Å². The zero-order valence-corrected chi connectivity index (χ0v) is 10.3. The van der Waals surface area contributed by atoms with Crippen LogP contribution in [0.15, 0.2) is 0 Å². The van der Waals surface area contributed by atoms with Crippen LogP contribution in [-0.2, 0) is 0 Å². The fraction of sp³-hybridized carbons (Fsp3) is 1.00. The van der Waals surface area contributed by atoms with Gasteiger partial charge in [-0.25, -0.2) is 0 Å². The third-order valence-corrected chi connectivity index (χ3v) is 2.61. The summed E-state index contributed by atoms with van der Waals surface area (Å²) in [7, 11) is 0. The van der Waals surface area contributed by atoms with Gasteiger partial charge < -0.3 is 5.32 Å². The molecule has 80 valence electrons. The second-order valence-electron chi connectivity index (χ2n) is 6.01. The first-order valence-corrected chi connectivity index (χ1v) is 5.47. The highest BCUT2D eigenvalue weighted by Gasteiger charge is 2.15. The minimum absolute atomic E-state index is 0.456. The average molecular weight is 185 g/mol. The molecule has 0 heterocycles. The van der Waals surface area contributed by atoms with Crippen molar-refractivity contribution in [2.45, 2.75) is 54.4 Å². The maximum absolute atomic E-state index is 3.53. The van der Waals surface area contributed by atoms with Crippen molar-refractivity contribution >= 4 is 0 Å². The van der Waals surface area contributed by atoms with E-state index in [1.54, 1.807) is 0 Å². The van der Waals surface area contributed by atoms with Crippen LogP contribution in [0.25, 0.3) is 0 Å². The van der Waals surface area contributed by atoms with E-state index in [0.717, 1.165) is 13.1 Å². The minimum atomic E-state index is 0.456. The van der Waals surface area contributed by atoms with Crippen molar-refractivity contribution in [3.8, 4) is 0 Å². The summed E-state index contributed by atoms with van der Waals surface area (Å²) >= 11 is 0. The zero-order chi connectivity index (χ0) is 10.5. The normalized spacial score (nSPS) is 13.4. The first-order chi connectivity index (χ1) is 5.77. The molecule has 0 unspecified atom stereocenters. The summed E-state index contributed by atoms with van der Waals surface area (Å²) in [5.41, 5.74) is 0.918. The van der Waals surface area contributed by atoms with E-state index in [4.69, 9.17) is 0 Å². The van der Waals surface area contributed by atoms with Gasteiger partial charge in [0, 0.05) is 6.54 Å². The van der Waals surface area contributed by atoms with Gasteiger partial charge in [-0.15, -0.1) is 0 Å². The van der Waals surface area contributed by atoms with Crippen LogP contribution in [-0.4, -0.2) is 13.1 Å². The summed E-state index contributed by atoms with van der Waals surface area (Å²) in [4.78, 5) is 0. The summed E-state index contributed by atoms with van der Waals surface area (Å²) in [6, 6.07) is 0. The Kier molecular flexibility index (Phi) is 4.98. The first kappa shape index (κ1) is 13.0. The highest BCUT2D eigenvalue weighted by molar-refractivity contribution is 4.70. The lowest BCUT2D eigenvalue weighted by molar-refractivity contribution is 0.306. The molecule has 0 spiro atoms. The van der Waals surface area contributed by atoms with Crippen molar-refractivity contribution in [1.82, 2.24) is 5.32 Å². The summed E-state index contributed by atoms with van der Waals surface area (Å²) in [5.74, 6) is 0. The van der Waals surface area contributed by atoms with E-state index in [9.17, 15) is 0 Å². The quantitative estimate of drug-likeness (QED) is 0.647. The van der Waals surface area contributed by atoms with Gasteiger partial charge in [-0.05, 0) is 30.2 Å². The van der Waals surface area contributed by atoms with Crippen LogP contribution in [0.5, 0.6) is 0 Å². The van der Waals surface area contributed by atoms with Crippen LogP contribution < -0.4 is 5.32 Å². The first-order valence-electron chi connectivity index (χ1n) is 5.47. The molecule has 0 fully saturated rings. The van der Waals surface area contributed by atoms with Gasteiger partial charge in [0.25, 0.3) is 0 Å². The standard InChI is InChI=1S/C12H27N/c1-7-12(5,6)10-13-9-8-11(2,3)4/h13H,7-10H2,1-6H3. The van der Waals surface area contributed by atoms with Crippen molar-refractivity contribution in [2.75, 3.05) is 13.1 Å². The SMILES string of the molecule is CCC(C)(C)CNCCC(C)(C)C. The van der Waals surface area contributed by atoms with Crippen LogP contribution in [0.1, 0.15) is 54.4 Å². The minimum Gasteiger partial charge on any atom is -0.316 e. The smallest absolute Gasteiger partial charge is 0.000242 e. The third-order valence-electron chi connectivity index (χ3n) is 2.61.